The summed E-state index contributed by atoms with van der Waals surface area (Å²) in [6.45, 7) is 0.701. The first-order valence-electron chi connectivity index (χ1n) is 5.95. The summed E-state index contributed by atoms with van der Waals surface area (Å²) in [6.07, 6.45) is 3.36. The molecule has 0 bridgehead atoms. The van der Waals surface area contributed by atoms with Gasteiger partial charge in [-0.1, -0.05) is 39.1 Å². The van der Waals surface area contributed by atoms with Crippen LogP contribution in [0.2, 0.25) is 10.0 Å². The third-order valence-electron chi connectivity index (χ3n) is 3.26. The molecule has 1 aliphatic carbocycles. The first kappa shape index (κ1) is 14.2. The van der Waals surface area contributed by atoms with E-state index in [0.717, 1.165) is 18.2 Å². The van der Waals surface area contributed by atoms with E-state index in [1.54, 1.807) is 18.2 Å². The van der Waals surface area contributed by atoms with Crippen LogP contribution in [-0.2, 0) is 0 Å². The molecule has 1 aliphatic rings. The molecule has 0 radical (unpaired) electrons. The molecule has 5 heteroatoms. The Morgan fingerprint density at radius 3 is 2.67 bits per heavy atom. The predicted molar refractivity (Wildman–Crippen MR) is 78.9 cm³/mol. The van der Waals surface area contributed by atoms with Crippen molar-refractivity contribution < 1.29 is 4.79 Å². The molecule has 0 aromatic heterocycles. The van der Waals surface area contributed by atoms with Gasteiger partial charge in [-0.3, -0.25) is 4.79 Å². The van der Waals surface area contributed by atoms with E-state index in [1.807, 2.05) is 4.90 Å². The van der Waals surface area contributed by atoms with Gasteiger partial charge >= 0.3 is 0 Å². The molecule has 2 nitrogen and oxygen atoms in total. The molecule has 98 valence electrons. The first-order valence-corrected chi connectivity index (χ1v) is 7.83. The van der Waals surface area contributed by atoms with E-state index in [0.29, 0.717) is 28.2 Å². The predicted octanol–water partition coefficient (Wildman–Crippen LogP) is 4.38. The SMILES string of the molecule is O=C(c1cc(Cl)ccc1Cl)N(CCBr)C1CCC1. The van der Waals surface area contributed by atoms with Crippen molar-refractivity contribution in [3.63, 3.8) is 0 Å². The summed E-state index contributed by atoms with van der Waals surface area (Å²) in [4.78, 5) is 14.4. The average molecular weight is 351 g/mol. The summed E-state index contributed by atoms with van der Waals surface area (Å²) in [5, 5.41) is 1.77. The van der Waals surface area contributed by atoms with Gasteiger partial charge in [0.05, 0.1) is 10.6 Å². The molecule has 0 spiro atoms. The maximum atomic E-state index is 12.5. The lowest BCUT2D eigenvalue weighted by molar-refractivity contribution is 0.0600. The summed E-state index contributed by atoms with van der Waals surface area (Å²) in [5.41, 5.74) is 0.497. The Kier molecular flexibility index (Phi) is 4.93. The second-order valence-corrected chi connectivity index (χ2v) is 6.03. The van der Waals surface area contributed by atoms with Crippen LogP contribution in [-0.4, -0.2) is 28.7 Å². The Morgan fingerprint density at radius 2 is 2.11 bits per heavy atom. The lowest BCUT2D eigenvalue weighted by atomic mass is 9.91. The molecule has 1 amide bonds. The quantitative estimate of drug-likeness (QED) is 0.738. The van der Waals surface area contributed by atoms with Crippen molar-refractivity contribution in [3.8, 4) is 0 Å². The molecule has 0 saturated heterocycles. The third-order valence-corrected chi connectivity index (χ3v) is 4.18. The van der Waals surface area contributed by atoms with Gasteiger partial charge in [0.15, 0.2) is 0 Å². The molecule has 2 rings (SSSR count). The van der Waals surface area contributed by atoms with Gasteiger partial charge in [-0.15, -0.1) is 0 Å². The van der Waals surface area contributed by atoms with Gasteiger partial charge in [0.2, 0.25) is 0 Å². The zero-order valence-corrected chi connectivity index (χ0v) is 12.9. The Morgan fingerprint density at radius 1 is 1.39 bits per heavy atom. The highest BCUT2D eigenvalue weighted by Gasteiger charge is 2.29. The lowest BCUT2D eigenvalue weighted by Gasteiger charge is -2.37. The van der Waals surface area contributed by atoms with Crippen LogP contribution >= 0.6 is 39.1 Å². The van der Waals surface area contributed by atoms with Crippen molar-refractivity contribution in [2.24, 2.45) is 0 Å². The first-order chi connectivity index (χ1) is 8.63. The van der Waals surface area contributed by atoms with Crippen LogP contribution in [0.15, 0.2) is 18.2 Å². The number of alkyl halides is 1. The van der Waals surface area contributed by atoms with Gasteiger partial charge in [-0.2, -0.15) is 0 Å². The van der Waals surface area contributed by atoms with Gasteiger partial charge in [-0.05, 0) is 37.5 Å². The highest BCUT2D eigenvalue weighted by atomic mass is 79.9. The minimum Gasteiger partial charge on any atom is -0.335 e. The number of carbonyl (C=O) groups is 1. The summed E-state index contributed by atoms with van der Waals surface area (Å²) >= 11 is 15.4. The second kappa shape index (κ2) is 6.27. The molecule has 0 heterocycles. The van der Waals surface area contributed by atoms with E-state index in [4.69, 9.17) is 23.2 Å². The van der Waals surface area contributed by atoms with Crippen molar-refractivity contribution in [3.05, 3.63) is 33.8 Å². The van der Waals surface area contributed by atoms with E-state index in [2.05, 4.69) is 15.9 Å². The maximum absolute atomic E-state index is 12.5. The van der Waals surface area contributed by atoms with Gasteiger partial charge in [0.1, 0.15) is 0 Å². The van der Waals surface area contributed by atoms with Crippen molar-refractivity contribution in [2.75, 3.05) is 11.9 Å². The molecule has 0 atom stereocenters. The molecule has 0 unspecified atom stereocenters. The normalized spacial score (nSPS) is 15.3. The summed E-state index contributed by atoms with van der Waals surface area (Å²) < 4.78 is 0. The Hall–Kier alpha value is -0.250. The molecule has 0 N–H and O–H groups in total. The van der Waals surface area contributed by atoms with Gasteiger partial charge < -0.3 is 4.90 Å². The molecule has 18 heavy (non-hydrogen) atoms. The van der Waals surface area contributed by atoms with E-state index in [1.165, 1.54) is 6.42 Å². The van der Waals surface area contributed by atoms with Gasteiger partial charge in [0.25, 0.3) is 5.91 Å². The molecule has 0 aliphatic heterocycles. The largest absolute Gasteiger partial charge is 0.335 e. The van der Waals surface area contributed by atoms with Gasteiger partial charge in [-0.25, -0.2) is 0 Å². The molecule has 1 fully saturated rings. The molecule has 1 aromatic rings. The van der Waals surface area contributed by atoms with Crippen LogP contribution in [0.1, 0.15) is 29.6 Å². The van der Waals surface area contributed by atoms with Crippen molar-refractivity contribution in [1.29, 1.82) is 0 Å². The zero-order valence-electron chi connectivity index (χ0n) is 9.83. The smallest absolute Gasteiger partial charge is 0.255 e. The summed E-state index contributed by atoms with van der Waals surface area (Å²) in [5.74, 6) is -0.0216. The van der Waals surface area contributed by atoms with E-state index >= 15 is 0 Å². The van der Waals surface area contributed by atoms with E-state index in [-0.39, 0.29) is 5.91 Å². The van der Waals surface area contributed by atoms with Crippen LogP contribution in [0.25, 0.3) is 0 Å². The molecular formula is C13H14BrCl2NO. The minimum absolute atomic E-state index is 0.0216. The monoisotopic (exact) mass is 349 g/mol. The number of hydrogen-bond acceptors (Lipinski definition) is 1. The number of benzene rings is 1. The molecule has 1 saturated carbocycles. The zero-order chi connectivity index (χ0) is 13.1. The number of nitrogens with zero attached hydrogens (tertiary/aromatic N) is 1. The van der Waals surface area contributed by atoms with E-state index in [9.17, 15) is 4.79 Å². The van der Waals surface area contributed by atoms with Crippen molar-refractivity contribution in [1.82, 2.24) is 4.90 Å². The molecular weight excluding hydrogens is 337 g/mol. The number of carbonyl (C=O) groups excluding carboxylic acids is 1. The highest BCUT2D eigenvalue weighted by molar-refractivity contribution is 9.09. The molecule has 1 aromatic carbocycles. The third kappa shape index (κ3) is 3.01. The van der Waals surface area contributed by atoms with Crippen LogP contribution in [0, 0.1) is 0 Å². The standard InChI is InChI=1S/C13H14BrCl2NO/c14-6-7-17(10-2-1-3-10)13(18)11-8-9(15)4-5-12(11)16/h4-5,8,10H,1-3,6-7H2. The fraction of sp³-hybridized carbons (Fsp3) is 0.462. The average Bonchev–Trinajstić information content (AvgIpc) is 2.28. The number of hydrogen-bond donors (Lipinski definition) is 0. The second-order valence-electron chi connectivity index (χ2n) is 4.40. The topological polar surface area (TPSA) is 20.3 Å². The van der Waals surface area contributed by atoms with Crippen LogP contribution in [0.3, 0.4) is 0 Å². The Bertz CT molecular complexity index is 449. The fourth-order valence-corrected chi connectivity index (χ4v) is 2.81. The summed E-state index contributed by atoms with van der Waals surface area (Å²) in [6, 6.07) is 5.36. The Balaban J connectivity index is 2.23. The Labute approximate surface area is 125 Å². The minimum atomic E-state index is -0.0216. The number of rotatable bonds is 4. The van der Waals surface area contributed by atoms with Crippen molar-refractivity contribution in [2.45, 2.75) is 25.3 Å². The van der Waals surface area contributed by atoms with Crippen LogP contribution in [0.4, 0.5) is 0 Å². The van der Waals surface area contributed by atoms with Crippen molar-refractivity contribution >= 4 is 45.0 Å². The van der Waals surface area contributed by atoms with Gasteiger partial charge in [0, 0.05) is 22.9 Å². The van der Waals surface area contributed by atoms with E-state index < -0.39 is 0 Å². The summed E-state index contributed by atoms with van der Waals surface area (Å²) in [7, 11) is 0. The fourth-order valence-electron chi connectivity index (χ4n) is 2.06. The lowest BCUT2D eigenvalue weighted by Crippen LogP contribution is -2.45. The van der Waals surface area contributed by atoms with Crippen LogP contribution in [0.5, 0.6) is 0 Å². The maximum Gasteiger partial charge on any atom is 0.255 e. The van der Waals surface area contributed by atoms with Crippen LogP contribution < -0.4 is 0 Å². The number of halogens is 3. The number of amides is 1. The highest BCUT2D eigenvalue weighted by Crippen LogP contribution is 2.29.